The first-order valence-electron chi connectivity index (χ1n) is 6.74. The third kappa shape index (κ3) is 3.96. The van der Waals surface area contributed by atoms with Gasteiger partial charge in [0.2, 0.25) is 5.91 Å². The fourth-order valence-electron chi connectivity index (χ4n) is 2.30. The van der Waals surface area contributed by atoms with Gasteiger partial charge in [-0.3, -0.25) is 10.1 Å². The van der Waals surface area contributed by atoms with Crippen molar-refractivity contribution < 1.29 is 9.53 Å². The zero-order valence-electron chi connectivity index (χ0n) is 11.5. The van der Waals surface area contributed by atoms with E-state index in [1.165, 1.54) is 0 Å². The van der Waals surface area contributed by atoms with E-state index in [9.17, 15) is 4.79 Å². The standard InChI is InChI=1S/C13H26N2O2/c1-5-12-14-11(9-10(3)4)13(16)15(12)7-8-17-6-2/h10-12,14H,5-9H2,1-4H3. The Morgan fingerprint density at radius 3 is 2.65 bits per heavy atom. The summed E-state index contributed by atoms with van der Waals surface area (Å²) in [5.74, 6) is 0.783. The lowest BCUT2D eigenvalue weighted by Gasteiger charge is -2.22. The predicted octanol–water partition coefficient (Wildman–Crippen LogP) is 1.61. The van der Waals surface area contributed by atoms with Gasteiger partial charge in [-0.05, 0) is 25.7 Å². The maximum Gasteiger partial charge on any atom is 0.241 e. The maximum atomic E-state index is 12.2. The number of hydrogen-bond acceptors (Lipinski definition) is 3. The molecule has 2 unspecified atom stereocenters. The fourth-order valence-corrected chi connectivity index (χ4v) is 2.30. The lowest BCUT2D eigenvalue weighted by Crippen LogP contribution is -2.38. The second kappa shape index (κ2) is 6.97. The highest BCUT2D eigenvalue weighted by molar-refractivity contribution is 5.84. The van der Waals surface area contributed by atoms with E-state index in [0.717, 1.165) is 12.8 Å². The molecule has 0 aromatic carbocycles. The fraction of sp³-hybridized carbons (Fsp3) is 0.923. The third-order valence-corrected chi connectivity index (χ3v) is 3.13. The molecule has 4 nitrogen and oxygen atoms in total. The van der Waals surface area contributed by atoms with Crippen LogP contribution in [-0.4, -0.2) is 42.8 Å². The Morgan fingerprint density at radius 2 is 2.12 bits per heavy atom. The quantitative estimate of drug-likeness (QED) is 0.690. The predicted molar refractivity (Wildman–Crippen MR) is 68.7 cm³/mol. The first kappa shape index (κ1) is 14.5. The van der Waals surface area contributed by atoms with Crippen molar-refractivity contribution in [2.24, 2.45) is 5.92 Å². The Kier molecular flexibility index (Phi) is 5.92. The van der Waals surface area contributed by atoms with Crippen molar-refractivity contribution in [2.45, 2.75) is 52.7 Å². The van der Waals surface area contributed by atoms with Gasteiger partial charge in [-0.2, -0.15) is 0 Å². The molecule has 1 rings (SSSR count). The van der Waals surface area contributed by atoms with E-state index in [2.05, 4.69) is 26.1 Å². The van der Waals surface area contributed by atoms with E-state index in [1.807, 2.05) is 11.8 Å². The molecule has 2 atom stereocenters. The molecule has 0 aliphatic carbocycles. The van der Waals surface area contributed by atoms with Crippen molar-refractivity contribution >= 4 is 5.91 Å². The molecule has 1 aliphatic heterocycles. The first-order valence-corrected chi connectivity index (χ1v) is 6.74. The summed E-state index contributed by atoms with van der Waals surface area (Å²) in [6.07, 6.45) is 2.05. The van der Waals surface area contributed by atoms with Crippen LogP contribution >= 0.6 is 0 Å². The van der Waals surface area contributed by atoms with Crippen LogP contribution in [0.25, 0.3) is 0 Å². The SMILES string of the molecule is CCOCCN1C(=O)C(CC(C)C)NC1CC. The van der Waals surface area contributed by atoms with Crippen LogP contribution in [0.15, 0.2) is 0 Å². The average molecular weight is 242 g/mol. The lowest BCUT2D eigenvalue weighted by molar-refractivity contribution is -0.131. The minimum atomic E-state index is 0.00146. The van der Waals surface area contributed by atoms with E-state index >= 15 is 0 Å². The Bertz CT molecular complexity index is 244. The molecule has 1 aliphatic rings. The van der Waals surface area contributed by atoms with E-state index in [4.69, 9.17) is 4.74 Å². The third-order valence-electron chi connectivity index (χ3n) is 3.13. The molecule has 1 saturated heterocycles. The number of ether oxygens (including phenoxy) is 1. The first-order chi connectivity index (χ1) is 8.10. The maximum absolute atomic E-state index is 12.2. The molecular formula is C13H26N2O2. The van der Waals surface area contributed by atoms with E-state index in [-0.39, 0.29) is 18.1 Å². The van der Waals surface area contributed by atoms with Crippen molar-refractivity contribution in [2.75, 3.05) is 19.8 Å². The van der Waals surface area contributed by atoms with Gasteiger partial charge in [0.1, 0.15) is 0 Å². The van der Waals surface area contributed by atoms with Crippen LogP contribution in [0.5, 0.6) is 0 Å². The number of carbonyl (C=O) groups is 1. The van der Waals surface area contributed by atoms with Gasteiger partial charge in [0.05, 0.1) is 18.8 Å². The van der Waals surface area contributed by atoms with Crippen LogP contribution < -0.4 is 5.32 Å². The Labute approximate surface area is 105 Å². The monoisotopic (exact) mass is 242 g/mol. The average Bonchev–Trinajstić information content (AvgIpc) is 2.57. The molecule has 1 fully saturated rings. The summed E-state index contributed by atoms with van der Waals surface area (Å²) in [5, 5.41) is 3.42. The van der Waals surface area contributed by atoms with E-state index in [1.54, 1.807) is 0 Å². The number of rotatable bonds is 7. The molecular weight excluding hydrogens is 216 g/mol. The van der Waals surface area contributed by atoms with Crippen molar-refractivity contribution in [1.82, 2.24) is 10.2 Å². The van der Waals surface area contributed by atoms with Crippen LogP contribution in [0.3, 0.4) is 0 Å². The van der Waals surface area contributed by atoms with Gasteiger partial charge in [0, 0.05) is 13.2 Å². The molecule has 1 amide bonds. The topological polar surface area (TPSA) is 41.6 Å². The molecule has 0 bridgehead atoms. The summed E-state index contributed by atoms with van der Waals surface area (Å²) in [6.45, 7) is 10.4. The zero-order chi connectivity index (χ0) is 12.8. The zero-order valence-corrected chi connectivity index (χ0v) is 11.5. The molecule has 0 spiro atoms. The summed E-state index contributed by atoms with van der Waals surface area (Å²) >= 11 is 0. The minimum absolute atomic E-state index is 0.00146. The molecule has 17 heavy (non-hydrogen) atoms. The van der Waals surface area contributed by atoms with Crippen LogP contribution in [0.4, 0.5) is 0 Å². The normalized spacial score (nSPS) is 25.0. The summed E-state index contributed by atoms with van der Waals surface area (Å²) in [5.41, 5.74) is 0. The van der Waals surface area contributed by atoms with Gasteiger partial charge in [-0.25, -0.2) is 0 Å². The highest BCUT2D eigenvalue weighted by atomic mass is 16.5. The Hall–Kier alpha value is -0.610. The molecule has 1 N–H and O–H groups in total. The van der Waals surface area contributed by atoms with Crippen LogP contribution in [0.2, 0.25) is 0 Å². The van der Waals surface area contributed by atoms with Crippen molar-refractivity contribution in [1.29, 1.82) is 0 Å². The highest BCUT2D eigenvalue weighted by Gasteiger charge is 2.37. The van der Waals surface area contributed by atoms with E-state index in [0.29, 0.717) is 25.7 Å². The van der Waals surface area contributed by atoms with Gasteiger partial charge >= 0.3 is 0 Å². The highest BCUT2D eigenvalue weighted by Crippen LogP contribution is 2.18. The second-order valence-electron chi connectivity index (χ2n) is 5.00. The summed E-state index contributed by atoms with van der Waals surface area (Å²) in [7, 11) is 0. The van der Waals surface area contributed by atoms with Crippen LogP contribution in [0, 0.1) is 5.92 Å². The molecule has 4 heteroatoms. The number of nitrogens with one attached hydrogen (secondary N) is 1. The summed E-state index contributed by atoms with van der Waals surface area (Å²) in [6, 6.07) is 0.00146. The lowest BCUT2D eigenvalue weighted by atomic mass is 10.0. The van der Waals surface area contributed by atoms with Crippen LogP contribution in [0.1, 0.15) is 40.5 Å². The van der Waals surface area contributed by atoms with Crippen molar-refractivity contribution in [3.05, 3.63) is 0 Å². The molecule has 100 valence electrons. The Balaban J connectivity index is 2.52. The van der Waals surface area contributed by atoms with Crippen LogP contribution in [-0.2, 0) is 9.53 Å². The number of nitrogens with zero attached hydrogens (tertiary/aromatic N) is 1. The van der Waals surface area contributed by atoms with Gasteiger partial charge in [0.15, 0.2) is 0 Å². The number of amides is 1. The van der Waals surface area contributed by atoms with Crippen molar-refractivity contribution in [3.63, 3.8) is 0 Å². The number of carbonyl (C=O) groups excluding carboxylic acids is 1. The van der Waals surface area contributed by atoms with Crippen molar-refractivity contribution in [3.8, 4) is 0 Å². The minimum Gasteiger partial charge on any atom is -0.380 e. The smallest absolute Gasteiger partial charge is 0.241 e. The molecule has 0 saturated carbocycles. The van der Waals surface area contributed by atoms with E-state index < -0.39 is 0 Å². The van der Waals surface area contributed by atoms with Gasteiger partial charge in [-0.1, -0.05) is 20.8 Å². The summed E-state index contributed by atoms with van der Waals surface area (Å²) in [4.78, 5) is 14.1. The van der Waals surface area contributed by atoms with Gasteiger partial charge in [0.25, 0.3) is 0 Å². The molecule has 1 heterocycles. The molecule has 0 radical (unpaired) electrons. The molecule has 0 aromatic heterocycles. The number of hydrogen-bond donors (Lipinski definition) is 1. The largest absolute Gasteiger partial charge is 0.380 e. The van der Waals surface area contributed by atoms with Gasteiger partial charge < -0.3 is 9.64 Å². The second-order valence-corrected chi connectivity index (χ2v) is 5.00. The Morgan fingerprint density at radius 1 is 1.41 bits per heavy atom. The van der Waals surface area contributed by atoms with Gasteiger partial charge in [-0.15, -0.1) is 0 Å². The summed E-state index contributed by atoms with van der Waals surface area (Å²) < 4.78 is 5.33. The molecule has 0 aromatic rings.